The molecule has 3 aromatic rings. The summed E-state index contributed by atoms with van der Waals surface area (Å²) in [6.07, 6.45) is 4.29. The van der Waals surface area contributed by atoms with Crippen molar-refractivity contribution in [3.8, 4) is 28.5 Å². The van der Waals surface area contributed by atoms with E-state index in [0.29, 0.717) is 12.0 Å². The number of hydrogen-bond acceptors (Lipinski definition) is 5. The molecule has 1 atom stereocenters. The molecule has 4 N–H and O–H groups in total. The number of fused-ring (bicyclic) bond motifs is 1. The molecule has 4 rings (SSSR count). The SMILES string of the molecule is Cn1cc(-c2c(C#N)c(N)nc3c2C[C@H](N)CC3)c(-c2ccccc2)n1. The second kappa shape index (κ2) is 6.28. The third-order valence-electron chi connectivity index (χ3n) is 4.89. The van der Waals surface area contributed by atoms with Gasteiger partial charge in [0.1, 0.15) is 23.1 Å². The van der Waals surface area contributed by atoms with E-state index in [9.17, 15) is 5.26 Å². The highest BCUT2D eigenvalue weighted by Crippen LogP contribution is 2.39. The Morgan fingerprint density at radius 1 is 1.27 bits per heavy atom. The zero-order valence-corrected chi connectivity index (χ0v) is 14.6. The smallest absolute Gasteiger partial charge is 0.142 e. The minimum absolute atomic E-state index is 0.0649. The van der Waals surface area contributed by atoms with Gasteiger partial charge in [-0.15, -0.1) is 0 Å². The Morgan fingerprint density at radius 2 is 2.04 bits per heavy atom. The second-order valence-corrected chi connectivity index (χ2v) is 6.72. The monoisotopic (exact) mass is 344 g/mol. The zero-order valence-electron chi connectivity index (χ0n) is 14.6. The first kappa shape index (κ1) is 16.3. The van der Waals surface area contributed by atoms with Crippen LogP contribution in [0.1, 0.15) is 23.2 Å². The van der Waals surface area contributed by atoms with Gasteiger partial charge < -0.3 is 11.5 Å². The van der Waals surface area contributed by atoms with Crippen LogP contribution in [-0.4, -0.2) is 20.8 Å². The van der Waals surface area contributed by atoms with E-state index in [4.69, 9.17) is 11.5 Å². The first-order chi connectivity index (χ1) is 12.6. The van der Waals surface area contributed by atoms with Gasteiger partial charge in [0.2, 0.25) is 0 Å². The summed E-state index contributed by atoms with van der Waals surface area (Å²) in [6.45, 7) is 0. The van der Waals surface area contributed by atoms with E-state index in [1.807, 2.05) is 43.6 Å². The zero-order chi connectivity index (χ0) is 18.3. The fourth-order valence-electron chi connectivity index (χ4n) is 3.70. The number of anilines is 1. The minimum Gasteiger partial charge on any atom is -0.383 e. The Bertz CT molecular complexity index is 1010. The highest BCUT2D eigenvalue weighted by molar-refractivity contribution is 5.87. The Labute approximate surface area is 152 Å². The van der Waals surface area contributed by atoms with Gasteiger partial charge in [0, 0.05) is 41.7 Å². The molecule has 0 saturated carbocycles. The van der Waals surface area contributed by atoms with Gasteiger partial charge >= 0.3 is 0 Å². The van der Waals surface area contributed by atoms with Crippen molar-refractivity contribution in [3.05, 3.63) is 53.3 Å². The number of nitrogens with two attached hydrogens (primary N) is 2. The molecule has 0 aliphatic heterocycles. The quantitative estimate of drug-likeness (QED) is 0.742. The first-order valence-corrected chi connectivity index (χ1v) is 8.64. The number of pyridine rings is 1. The molecule has 0 saturated heterocycles. The molecule has 2 aromatic heterocycles. The average molecular weight is 344 g/mol. The largest absolute Gasteiger partial charge is 0.383 e. The van der Waals surface area contributed by atoms with E-state index in [1.165, 1.54) is 0 Å². The Kier molecular flexibility index (Phi) is 3.94. The lowest BCUT2D eigenvalue weighted by molar-refractivity contribution is 0.568. The summed E-state index contributed by atoms with van der Waals surface area (Å²) in [7, 11) is 1.88. The minimum atomic E-state index is 0.0649. The Hall–Kier alpha value is -3.17. The van der Waals surface area contributed by atoms with Gasteiger partial charge in [-0.3, -0.25) is 4.68 Å². The summed E-state index contributed by atoms with van der Waals surface area (Å²) in [6, 6.07) is 12.3. The first-order valence-electron chi connectivity index (χ1n) is 8.64. The van der Waals surface area contributed by atoms with Crippen molar-refractivity contribution in [2.24, 2.45) is 12.8 Å². The fourth-order valence-corrected chi connectivity index (χ4v) is 3.70. The highest BCUT2D eigenvalue weighted by Gasteiger charge is 2.27. The number of nitriles is 1. The van der Waals surface area contributed by atoms with Crippen LogP contribution in [0.3, 0.4) is 0 Å². The molecular weight excluding hydrogens is 324 g/mol. The van der Waals surface area contributed by atoms with Crippen molar-refractivity contribution in [1.29, 1.82) is 5.26 Å². The molecule has 0 fully saturated rings. The Morgan fingerprint density at radius 3 is 2.77 bits per heavy atom. The van der Waals surface area contributed by atoms with E-state index >= 15 is 0 Å². The molecule has 0 bridgehead atoms. The molecule has 26 heavy (non-hydrogen) atoms. The van der Waals surface area contributed by atoms with E-state index in [1.54, 1.807) is 4.68 Å². The summed E-state index contributed by atoms with van der Waals surface area (Å²) in [5.74, 6) is 0.277. The summed E-state index contributed by atoms with van der Waals surface area (Å²) in [5, 5.41) is 14.4. The molecule has 2 heterocycles. The van der Waals surface area contributed by atoms with Crippen LogP contribution in [0.2, 0.25) is 0 Å². The average Bonchev–Trinajstić information content (AvgIpc) is 3.03. The lowest BCUT2D eigenvalue weighted by Gasteiger charge is -2.24. The van der Waals surface area contributed by atoms with E-state index in [-0.39, 0.29) is 11.9 Å². The molecule has 0 amide bonds. The molecule has 0 unspecified atom stereocenters. The standard InChI is InChI=1S/C20H20N6/c1-26-11-16(19(25-26)12-5-3-2-4-6-12)18-14-9-13(22)7-8-17(14)24-20(23)15(18)10-21/h2-6,11,13H,7-9,22H2,1H3,(H2,23,24)/t13-/m1/s1. The molecule has 1 aliphatic carbocycles. The third-order valence-corrected chi connectivity index (χ3v) is 4.89. The van der Waals surface area contributed by atoms with E-state index in [2.05, 4.69) is 16.2 Å². The summed E-state index contributed by atoms with van der Waals surface area (Å²) in [4.78, 5) is 4.49. The van der Waals surface area contributed by atoms with Crippen LogP contribution in [0.15, 0.2) is 36.5 Å². The van der Waals surface area contributed by atoms with Gasteiger partial charge in [-0.1, -0.05) is 30.3 Å². The van der Waals surface area contributed by atoms with Crippen LogP contribution in [0.5, 0.6) is 0 Å². The van der Waals surface area contributed by atoms with Gasteiger partial charge in [-0.2, -0.15) is 10.4 Å². The maximum Gasteiger partial charge on any atom is 0.142 e. The predicted octanol–water partition coefficient (Wildman–Crippen LogP) is 2.42. The van der Waals surface area contributed by atoms with Crippen molar-refractivity contribution in [2.75, 3.05) is 5.73 Å². The molecule has 1 aromatic carbocycles. The van der Waals surface area contributed by atoms with Crippen molar-refractivity contribution in [3.63, 3.8) is 0 Å². The lowest BCUT2D eigenvalue weighted by atomic mass is 9.84. The predicted molar refractivity (Wildman–Crippen MR) is 101 cm³/mol. The van der Waals surface area contributed by atoms with Crippen LogP contribution in [0.25, 0.3) is 22.4 Å². The van der Waals surface area contributed by atoms with Crippen LogP contribution in [-0.2, 0) is 19.9 Å². The number of rotatable bonds is 2. The highest BCUT2D eigenvalue weighted by atomic mass is 15.3. The van der Waals surface area contributed by atoms with Crippen LogP contribution >= 0.6 is 0 Å². The number of aryl methyl sites for hydroxylation is 2. The van der Waals surface area contributed by atoms with Crippen LogP contribution < -0.4 is 11.5 Å². The van der Waals surface area contributed by atoms with Gasteiger partial charge in [0.15, 0.2) is 0 Å². The molecule has 1 aliphatic rings. The number of nitrogen functional groups attached to an aromatic ring is 1. The van der Waals surface area contributed by atoms with Gasteiger partial charge in [-0.05, 0) is 24.8 Å². The molecule has 6 heteroatoms. The van der Waals surface area contributed by atoms with Gasteiger partial charge in [-0.25, -0.2) is 4.98 Å². The van der Waals surface area contributed by atoms with Crippen LogP contribution in [0, 0.1) is 11.3 Å². The molecular formula is C20H20N6. The summed E-state index contributed by atoms with van der Waals surface area (Å²) >= 11 is 0. The van der Waals surface area contributed by atoms with Crippen molar-refractivity contribution in [2.45, 2.75) is 25.3 Å². The molecule has 6 nitrogen and oxygen atoms in total. The molecule has 0 radical (unpaired) electrons. The van der Waals surface area contributed by atoms with Gasteiger partial charge in [0.05, 0.1) is 0 Å². The summed E-state index contributed by atoms with van der Waals surface area (Å²) < 4.78 is 1.77. The lowest BCUT2D eigenvalue weighted by Crippen LogP contribution is -2.29. The number of hydrogen-bond donors (Lipinski definition) is 2. The second-order valence-electron chi connectivity index (χ2n) is 6.72. The van der Waals surface area contributed by atoms with E-state index < -0.39 is 0 Å². The number of nitrogens with zero attached hydrogens (tertiary/aromatic N) is 4. The number of benzene rings is 1. The maximum atomic E-state index is 9.77. The number of aromatic nitrogens is 3. The normalized spacial score (nSPS) is 16.1. The maximum absolute atomic E-state index is 9.77. The molecule has 0 spiro atoms. The fraction of sp³-hybridized carbons (Fsp3) is 0.250. The molecule has 130 valence electrons. The topological polar surface area (TPSA) is 107 Å². The Balaban J connectivity index is 2.03. The summed E-state index contributed by atoms with van der Waals surface area (Å²) in [5.41, 5.74) is 18.3. The van der Waals surface area contributed by atoms with Crippen molar-refractivity contribution in [1.82, 2.24) is 14.8 Å². The van der Waals surface area contributed by atoms with Crippen LogP contribution in [0.4, 0.5) is 5.82 Å². The third kappa shape index (κ3) is 2.63. The van der Waals surface area contributed by atoms with Crippen molar-refractivity contribution >= 4 is 5.82 Å². The van der Waals surface area contributed by atoms with Gasteiger partial charge in [0.25, 0.3) is 0 Å². The van der Waals surface area contributed by atoms with Crippen molar-refractivity contribution < 1.29 is 0 Å². The van der Waals surface area contributed by atoms with E-state index in [0.717, 1.165) is 46.5 Å².